The van der Waals surface area contributed by atoms with Gasteiger partial charge in [-0.25, -0.2) is 4.98 Å². The van der Waals surface area contributed by atoms with E-state index in [-0.39, 0.29) is 0 Å². The first-order valence-electron chi connectivity index (χ1n) is 17.5. The van der Waals surface area contributed by atoms with Gasteiger partial charge in [-0.15, -0.1) is 11.3 Å². The smallest absolute Gasteiger partial charge is 0.238 e. The second-order valence-corrected chi connectivity index (χ2v) is 14.6. The molecule has 240 valence electrons. The summed E-state index contributed by atoms with van der Waals surface area (Å²) in [5, 5.41) is 10.2. The standard InChI is InChI=1S/C47H26N4S/c1-3-11-27(12-4-1)28-21-23-30(24-22-28)46-48-45(29-13-5-2-6-14-29)49-47(50-46)51-36-19-9-17-32-33-18-10-20-37-40(33)42-38(52-37)26-25-34-31-15-7-8-16-35(31)44(51)43(39(32)36)41(34)42/h1-26H. The Morgan fingerprint density at radius 1 is 0.365 bits per heavy atom. The molecular weight excluding hydrogens is 653 g/mol. The highest BCUT2D eigenvalue weighted by Gasteiger charge is 2.28. The maximum atomic E-state index is 5.34. The lowest BCUT2D eigenvalue weighted by atomic mass is 9.95. The van der Waals surface area contributed by atoms with Crippen LogP contribution in [0.4, 0.5) is 0 Å². The molecule has 8 aromatic carbocycles. The number of rotatable bonds is 4. The van der Waals surface area contributed by atoms with E-state index in [1.807, 2.05) is 35.6 Å². The topological polar surface area (TPSA) is 43.6 Å². The molecule has 0 N–H and O–H groups in total. The molecule has 0 saturated heterocycles. The van der Waals surface area contributed by atoms with Crippen LogP contribution in [0, 0.1) is 0 Å². The van der Waals surface area contributed by atoms with Gasteiger partial charge in [-0.2, -0.15) is 9.97 Å². The third-order valence-corrected chi connectivity index (χ3v) is 11.9. The summed E-state index contributed by atoms with van der Waals surface area (Å²) >= 11 is 1.89. The third kappa shape index (κ3) is 3.78. The molecule has 5 heteroatoms. The fraction of sp³-hybridized carbons (Fsp3) is 0. The molecule has 3 aromatic heterocycles. The van der Waals surface area contributed by atoms with Crippen molar-refractivity contribution >= 4 is 74.9 Å². The van der Waals surface area contributed by atoms with Crippen LogP contribution in [0.1, 0.15) is 0 Å². The third-order valence-electron chi connectivity index (χ3n) is 10.8. The van der Waals surface area contributed by atoms with Crippen molar-refractivity contribution in [2.24, 2.45) is 0 Å². The molecular formula is C47H26N4S. The molecule has 0 aliphatic heterocycles. The fourth-order valence-electron chi connectivity index (χ4n) is 8.57. The van der Waals surface area contributed by atoms with E-state index in [1.165, 1.54) is 69.2 Å². The lowest BCUT2D eigenvalue weighted by Crippen LogP contribution is -2.06. The molecule has 4 nitrogen and oxygen atoms in total. The monoisotopic (exact) mass is 678 g/mol. The van der Waals surface area contributed by atoms with Crippen LogP contribution in [0.15, 0.2) is 158 Å². The lowest BCUT2D eigenvalue weighted by Gasteiger charge is -2.14. The number of nitrogens with zero attached hydrogens (tertiary/aromatic N) is 4. The van der Waals surface area contributed by atoms with Crippen LogP contribution >= 0.6 is 11.3 Å². The summed E-state index contributed by atoms with van der Waals surface area (Å²) in [6, 6.07) is 56.2. The molecule has 1 aliphatic carbocycles. The highest BCUT2D eigenvalue weighted by molar-refractivity contribution is 7.26. The van der Waals surface area contributed by atoms with E-state index in [0.29, 0.717) is 17.6 Å². The molecule has 12 rings (SSSR count). The van der Waals surface area contributed by atoms with Crippen molar-refractivity contribution in [3.63, 3.8) is 0 Å². The van der Waals surface area contributed by atoms with Crippen molar-refractivity contribution in [1.29, 1.82) is 0 Å². The number of benzene rings is 8. The zero-order valence-electron chi connectivity index (χ0n) is 27.7. The van der Waals surface area contributed by atoms with Gasteiger partial charge in [0.2, 0.25) is 5.95 Å². The van der Waals surface area contributed by atoms with Gasteiger partial charge in [0.25, 0.3) is 0 Å². The predicted molar refractivity (Wildman–Crippen MR) is 217 cm³/mol. The molecule has 0 fully saturated rings. The fourth-order valence-corrected chi connectivity index (χ4v) is 9.71. The number of hydrogen-bond donors (Lipinski definition) is 0. The van der Waals surface area contributed by atoms with Gasteiger partial charge in [0.15, 0.2) is 11.6 Å². The SMILES string of the molecule is c1ccc(-c2ccc(-c3nc(-c4ccccc4)nc(-n4c5cccc6c5c5c7c(ccc8sc9cccc-6c9c87)c6ccccc6c54)n3)cc2)cc1. The molecule has 3 heterocycles. The normalized spacial score (nSPS) is 12.2. The Morgan fingerprint density at radius 2 is 0.962 bits per heavy atom. The predicted octanol–water partition coefficient (Wildman–Crippen LogP) is 12.6. The van der Waals surface area contributed by atoms with Gasteiger partial charge in [-0.05, 0) is 51.2 Å². The van der Waals surface area contributed by atoms with Gasteiger partial charge in [-0.3, -0.25) is 4.57 Å². The van der Waals surface area contributed by atoms with E-state index in [9.17, 15) is 0 Å². The molecule has 0 amide bonds. The van der Waals surface area contributed by atoms with Crippen LogP contribution in [0.25, 0.3) is 115 Å². The highest BCUT2D eigenvalue weighted by Crippen LogP contribution is 2.53. The van der Waals surface area contributed by atoms with E-state index in [4.69, 9.17) is 15.0 Å². The second kappa shape index (κ2) is 10.4. The van der Waals surface area contributed by atoms with Crippen LogP contribution in [0.2, 0.25) is 0 Å². The largest absolute Gasteiger partial charge is 0.277 e. The summed E-state index contributed by atoms with van der Waals surface area (Å²) < 4.78 is 4.94. The number of fused-ring (bicyclic) bond motifs is 4. The average molecular weight is 679 g/mol. The molecule has 0 radical (unpaired) electrons. The van der Waals surface area contributed by atoms with E-state index in [2.05, 4.69) is 138 Å². The van der Waals surface area contributed by atoms with Gasteiger partial charge in [0, 0.05) is 52.8 Å². The van der Waals surface area contributed by atoms with Crippen molar-refractivity contribution in [1.82, 2.24) is 19.5 Å². The summed E-state index contributed by atoms with van der Waals surface area (Å²) in [7, 11) is 0. The Balaban J connectivity index is 1.24. The van der Waals surface area contributed by atoms with Gasteiger partial charge in [-0.1, -0.05) is 140 Å². The average Bonchev–Trinajstić information content (AvgIpc) is 3.74. The van der Waals surface area contributed by atoms with Crippen molar-refractivity contribution in [2.75, 3.05) is 0 Å². The van der Waals surface area contributed by atoms with Gasteiger partial charge < -0.3 is 0 Å². The zero-order chi connectivity index (χ0) is 33.9. The highest BCUT2D eigenvalue weighted by atomic mass is 32.1. The quantitative estimate of drug-likeness (QED) is 0.174. The Hall–Kier alpha value is -6.69. The number of aromatic nitrogens is 4. The van der Waals surface area contributed by atoms with E-state index < -0.39 is 0 Å². The molecule has 0 bridgehead atoms. The summed E-state index contributed by atoms with van der Waals surface area (Å²) in [6.45, 7) is 0. The van der Waals surface area contributed by atoms with E-state index in [0.717, 1.165) is 27.7 Å². The minimum atomic E-state index is 0.606. The Bertz CT molecular complexity index is 3270. The minimum Gasteiger partial charge on any atom is -0.277 e. The van der Waals surface area contributed by atoms with Crippen molar-refractivity contribution in [3.8, 4) is 51.0 Å². The molecule has 0 atom stereocenters. The Kier molecular flexibility index (Phi) is 5.62. The molecule has 0 spiro atoms. The van der Waals surface area contributed by atoms with Gasteiger partial charge >= 0.3 is 0 Å². The van der Waals surface area contributed by atoms with E-state index in [1.54, 1.807) is 0 Å². The molecule has 0 unspecified atom stereocenters. The summed E-state index contributed by atoms with van der Waals surface area (Å²) in [5.41, 5.74) is 8.95. The molecule has 52 heavy (non-hydrogen) atoms. The zero-order valence-corrected chi connectivity index (χ0v) is 28.5. The summed E-state index contributed by atoms with van der Waals surface area (Å²) in [4.78, 5) is 15.8. The summed E-state index contributed by atoms with van der Waals surface area (Å²) in [5.74, 6) is 1.89. The van der Waals surface area contributed by atoms with Crippen LogP contribution in [0.3, 0.4) is 0 Å². The molecule has 11 aromatic rings. The lowest BCUT2D eigenvalue weighted by molar-refractivity contribution is 0.955. The number of hydrogen-bond acceptors (Lipinski definition) is 4. The Labute approximate surface area is 301 Å². The first-order chi connectivity index (χ1) is 25.8. The van der Waals surface area contributed by atoms with Crippen LogP contribution in [-0.4, -0.2) is 19.5 Å². The van der Waals surface area contributed by atoms with Crippen LogP contribution in [0.5, 0.6) is 0 Å². The maximum absolute atomic E-state index is 5.34. The van der Waals surface area contributed by atoms with Crippen molar-refractivity contribution in [2.45, 2.75) is 0 Å². The summed E-state index contributed by atoms with van der Waals surface area (Å²) in [6.07, 6.45) is 0. The maximum Gasteiger partial charge on any atom is 0.238 e. The first kappa shape index (κ1) is 28.1. The first-order valence-corrected chi connectivity index (χ1v) is 18.4. The van der Waals surface area contributed by atoms with Crippen LogP contribution < -0.4 is 0 Å². The van der Waals surface area contributed by atoms with Gasteiger partial charge in [0.1, 0.15) is 0 Å². The second-order valence-electron chi connectivity index (χ2n) is 13.5. The molecule has 0 saturated carbocycles. The molecule has 1 aliphatic rings. The van der Waals surface area contributed by atoms with Crippen molar-refractivity contribution < 1.29 is 0 Å². The van der Waals surface area contributed by atoms with Crippen LogP contribution in [-0.2, 0) is 0 Å². The van der Waals surface area contributed by atoms with Crippen molar-refractivity contribution in [3.05, 3.63) is 158 Å². The minimum absolute atomic E-state index is 0.606. The van der Waals surface area contributed by atoms with Gasteiger partial charge in [0.05, 0.1) is 11.0 Å². The number of thiophene rings is 1. The van der Waals surface area contributed by atoms with E-state index >= 15 is 0 Å². The Morgan fingerprint density at radius 3 is 1.73 bits per heavy atom.